The van der Waals surface area contributed by atoms with Crippen LogP contribution in [0.25, 0.3) is 0 Å². The molecule has 1 rings (SSSR count). The Balaban J connectivity index is 3.11. The van der Waals surface area contributed by atoms with Crippen molar-refractivity contribution in [3.05, 3.63) is 12.4 Å². The summed E-state index contributed by atoms with van der Waals surface area (Å²) in [5.41, 5.74) is -0.678. The maximum Gasteiger partial charge on any atom is 0.245 e. The maximum atomic E-state index is 11.8. The smallest absolute Gasteiger partial charge is 0.245 e. The second-order valence-electron chi connectivity index (χ2n) is 3.97. The van der Waals surface area contributed by atoms with Gasteiger partial charge >= 0.3 is 0 Å². The van der Waals surface area contributed by atoms with Crippen LogP contribution in [0.15, 0.2) is 17.5 Å². The number of oxime groups is 1. The van der Waals surface area contributed by atoms with Gasteiger partial charge in [-0.05, 0) is 0 Å². The van der Waals surface area contributed by atoms with E-state index in [1.54, 1.807) is 27.1 Å². The molecular formula is C9H15N5O2. The van der Waals surface area contributed by atoms with Crippen LogP contribution in [-0.2, 0) is 4.79 Å². The first kappa shape index (κ1) is 12.2. The summed E-state index contributed by atoms with van der Waals surface area (Å²) >= 11 is 0. The number of nitrogens with zero attached hydrogens (tertiary/aromatic N) is 4. The molecule has 0 aliphatic heterocycles. The zero-order valence-corrected chi connectivity index (χ0v) is 9.45. The molecule has 7 nitrogen and oxygen atoms in total. The van der Waals surface area contributed by atoms with Crippen LogP contribution in [0.4, 0.5) is 0 Å². The highest BCUT2D eigenvalue weighted by atomic mass is 16.4. The molecule has 0 fully saturated rings. The van der Waals surface area contributed by atoms with E-state index in [1.165, 1.54) is 17.1 Å². The van der Waals surface area contributed by atoms with E-state index in [0.29, 0.717) is 0 Å². The highest BCUT2D eigenvalue weighted by Gasteiger charge is 2.36. The van der Waals surface area contributed by atoms with Crippen LogP contribution in [-0.4, -0.2) is 39.4 Å². The lowest BCUT2D eigenvalue weighted by molar-refractivity contribution is -0.126. The van der Waals surface area contributed by atoms with Crippen LogP contribution in [0, 0.1) is 5.41 Å². The first-order chi connectivity index (χ1) is 7.53. The number of likely N-dealkylation sites (N-methyl/N-ethyl adjacent to an activating group) is 1. The Kier molecular flexibility index (Phi) is 3.60. The SMILES string of the molecule is CNC(=O)C(n1ccnn1)C(C)(C)C=NO. The molecule has 0 aliphatic rings. The Morgan fingerprint density at radius 2 is 2.38 bits per heavy atom. The van der Waals surface area contributed by atoms with Crippen molar-refractivity contribution < 1.29 is 10.0 Å². The highest BCUT2D eigenvalue weighted by molar-refractivity contribution is 5.85. The number of aromatic nitrogens is 3. The monoisotopic (exact) mass is 225 g/mol. The van der Waals surface area contributed by atoms with Crippen molar-refractivity contribution in [3.8, 4) is 0 Å². The topological polar surface area (TPSA) is 92.4 Å². The molecule has 0 aliphatic carbocycles. The molecule has 1 aromatic heterocycles. The summed E-state index contributed by atoms with van der Waals surface area (Å²) in [6.07, 6.45) is 4.38. The van der Waals surface area contributed by atoms with Crippen molar-refractivity contribution in [1.82, 2.24) is 20.3 Å². The van der Waals surface area contributed by atoms with E-state index >= 15 is 0 Å². The molecule has 0 radical (unpaired) electrons. The molecule has 1 heterocycles. The molecule has 0 bridgehead atoms. The Morgan fingerprint density at radius 1 is 1.69 bits per heavy atom. The molecule has 88 valence electrons. The van der Waals surface area contributed by atoms with Gasteiger partial charge in [-0.25, -0.2) is 4.68 Å². The Hall–Kier alpha value is -1.92. The van der Waals surface area contributed by atoms with E-state index in [9.17, 15) is 4.79 Å². The van der Waals surface area contributed by atoms with Gasteiger partial charge in [0.15, 0.2) is 0 Å². The second-order valence-corrected chi connectivity index (χ2v) is 3.97. The predicted molar refractivity (Wildman–Crippen MR) is 57.2 cm³/mol. The molecule has 0 saturated heterocycles. The lowest BCUT2D eigenvalue weighted by Crippen LogP contribution is -2.40. The summed E-state index contributed by atoms with van der Waals surface area (Å²) in [5, 5.41) is 21.6. The minimum absolute atomic E-state index is 0.226. The first-order valence-corrected chi connectivity index (χ1v) is 4.79. The molecular weight excluding hydrogens is 210 g/mol. The van der Waals surface area contributed by atoms with Gasteiger partial charge in [0.05, 0.1) is 12.4 Å². The predicted octanol–water partition coefficient (Wildman–Crippen LogP) is 0.0514. The zero-order chi connectivity index (χ0) is 12.2. The van der Waals surface area contributed by atoms with E-state index in [4.69, 9.17) is 5.21 Å². The number of rotatable bonds is 4. The first-order valence-electron chi connectivity index (χ1n) is 4.79. The molecule has 7 heteroatoms. The largest absolute Gasteiger partial charge is 0.411 e. The van der Waals surface area contributed by atoms with Gasteiger partial charge in [-0.3, -0.25) is 4.79 Å². The number of amides is 1. The van der Waals surface area contributed by atoms with Crippen LogP contribution < -0.4 is 5.32 Å². The molecule has 0 aromatic carbocycles. The molecule has 0 spiro atoms. The van der Waals surface area contributed by atoms with Gasteiger partial charge in [-0.2, -0.15) is 0 Å². The Morgan fingerprint density at radius 3 is 2.81 bits per heavy atom. The van der Waals surface area contributed by atoms with Crippen molar-refractivity contribution >= 4 is 12.1 Å². The van der Waals surface area contributed by atoms with Gasteiger partial charge in [0.2, 0.25) is 5.91 Å². The lowest BCUT2D eigenvalue weighted by atomic mass is 9.85. The fraction of sp³-hybridized carbons (Fsp3) is 0.556. The molecule has 1 atom stereocenters. The van der Waals surface area contributed by atoms with Crippen molar-refractivity contribution in [2.45, 2.75) is 19.9 Å². The van der Waals surface area contributed by atoms with Gasteiger partial charge in [0.25, 0.3) is 0 Å². The molecule has 2 N–H and O–H groups in total. The van der Waals surface area contributed by atoms with Crippen LogP contribution in [0.3, 0.4) is 0 Å². The van der Waals surface area contributed by atoms with Crippen molar-refractivity contribution in [3.63, 3.8) is 0 Å². The standard InChI is InChI=1S/C9H15N5O2/c1-9(2,6-12-16)7(8(15)10-3)14-5-4-11-13-14/h4-7,16H,1-3H3,(H,10,15). The molecule has 1 unspecified atom stereocenters. The lowest BCUT2D eigenvalue weighted by Gasteiger charge is -2.28. The highest BCUT2D eigenvalue weighted by Crippen LogP contribution is 2.28. The minimum atomic E-state index is -0.678. The number of hydrogen-bond acceptors (Lipinski definition) is 5. The summed E-state index contributed by atoms with van der Waals surface area (Å²) < 4.78 is 1.43. The van der Waals surface area contributed by atoms with E-state index < -0.39 is 11.5 Å². The van der Waals surface area contributed by atoms with Crippen molar-refractivity contribution in [2.75, 3.05) is 7.05 Å². The van der Waals surface area contributed by atoms with Gasteiger partial charge in [-0.15, -0.1) is 10.3 Å². The van der Waals surface area contributed by atoms with E-state index in [-0.39, 0.29) is 5.91 Å². The normalized spacial score (nSPS) is 13.9. The zero-order valence-electron chi connectivity index (χ0n) is 9.45. The summed E-state index contributed by atoms with van der Waals surface area (Å²) in [4.78, 5) is 11.8. The second kappa shape index (κ2) is 4.73. The number of nitrogens with one attached hydrogen (secondary N) is 1. The van der Waals surface area contributed by atoms with Gasteiger partial charge in [0, 0.05) is 18.7 Å². The fourth-order valence-corrected chi connectivity index (χ4v) is 1.51. The van der Waals surface area contributed by atoms with E-state index in [1.807, 2.05) is 0 Å². The third-order valence-electron chi connectivity index (χ3n) is 2.30. The average Bonchev–Trinajstić information content (AvgIpc) is 2.70. The molecule has 1 amide bonds. The summed E-state index contributed by atoms with van der Waals surface area (Å²) in [5.74, 6) is -0.226. The quantitative estimate of drug-likeness (QED) is 0.430. The molecule has 0 saturated carbocycles. The summed E-state index contributed by atoms with van der Waals surface area (Å²) in [7, 11) is 1.54. The summed E-state index contributed by atoms with van der Waals surface area (Å²) in [6.45, 7) is 3.54. The molecule has 1 aromatic rings. The molecule has 16 heavy (non-hydrogen) atoms. The third kappa shape index (κ3) is 2.36. The van der Waals surface area contributed by atoms with Crippen molar-refractivity contribution in [2.24, 2.45) is 10.6 Å². The van der Waals surface area contributed by atoms with Gasteiger partial charge in [0.1, 0.15) is 6.04 Å². The fourth-order valence-electron chi connectivity index (χ4n) is 1.51. The number of carbonyl (C=O) groups is 1. The minimum Gasteiger partial charge on any atom is -0.411 e. The van der Waals surface area contributed by atoms with E-state index in [0.717, 1.165) is 0 Å². The van der Waals surface area contributed by atoms with Crippen LogP contribution in [0.2, 0.25) is 0 Å². The Bertz CT molecular complexity index is 371. The number of hydrogen-bond donors (Lipinski definition) is 2. The van der Waals surface area contributed by atoms with Crippen LogP contribution >= 0.6 is 0 Å². The third-order valence-corrected chi connectivity index (χ3v) is 2.30. The van der Waals surface area contributed by atoms with Crippen LogP contribution in [0.1, 0.15) is 19.9 Å². The Labute approximate surface area is 93.1 Å². The van der Waals surface area contributed by atoms with Gasteiger partial charge < -0.3 is 10.5 Å². The maximum absolute atomic E-state index is 11.8. The van der Waals surface area contributed by atoms with Crippen LogP contribution in [0.5, 0.6) is 0 Å². The van der Waals surface area contributed by atoms with Crippen molar-refractivity contribution in [1.29, 1.82) is 0 Å². The van der Waals surface area contributed by atoms with Gasteiger partial charge in [-0.1, -0.05) is 19.1 Å². The number of carbonyl (C=O) groups excluding carboxylic acids is 1. The van der Waals surface area contributed by atoms with E-state index in [2.05, 4.69) is 20.8 Å². The summed E-state index contributed by atoms with van der Waals surface area (Å²) in [6, 6.07) is -0.615. The average molecular weight is 225 g/mol.